The molecular formula is C10H16OS. The molecule has 0 aromatic heterocycles. The van der Waals surface area contributed by atoms with Crippen LogP contribution in [0.5, 0.6) is 0 Å². The second kappa shape index (κ2) is 3.25. The molecule has 1 aliphatic rings. The van der Waals surface area contributed by atoms with Gasteiger partial charge in [0.05, 0.1) is 5.92 Å². The summed E-state index contributed by atoms with van der Waals surface area (Å²) in [5.74, 6) is 0.0228. The number of hydrogen-bond acceptors (Lipinski definition) is 1. The zero-order valence-corrected chi connectivity index (χ0v) is 8.82. The van der Waals surface area contributed by atoms with Gasteiger partial charge in [-0.05, 0) is 25.2 Å². The van der Waals surface area contributed by atoms with Crippen molar-refractivity contribution in [2.45, 2.75) is 33.6 Å². The average Bonchev–Trinajstić information content (AvgIpc) is 1.82. The second-order valence-corrected chi connectivity index (χ2v) is 4.69. The third-order valence-corrected chi connectivity index (χ3v) is 3.00. The molecule has 0 aromatic rings. The second-order valence-electron chi connectivity index (χ2n) is 4.25. The number of rotatable bonds is 1. The van der Waals surface area contributed by atoms with Crippen LogP contribution in [-0.2, 0) is 4.79 Å². The molecule has 0 saturated heterocycles. The van der Waals surface area contributed by atoms with Crippen LogP contribution in [0.3, 0.4) is 0 Å². The van der Waals surface area contributed by atoms with Crippen molar-refractivity contribution in [1.82, 2.24) is 0 Å². The quantitative estimate of drug-likeness (QED) is 0.490. The van der Waals surface area contributed by atoms with E-state index < -0.39 is 0 Å². The Balaban J connectivity index is 2.96. The van der Waals surface area contributed by atoms with Gasteiger partial charge >= 0.3 is 0 Å². The number of carbonyl (C=O) groups is 1. The maximum atomic E-state index is 11.2. The molecule has 0 bridgehead atoms. The van der Waals surface area contributed by atoms with Gasteiger partial charge in [-0.25, -0.2) is 0 Å². The smallest absolute Gasteiger partial charge is 0.193 e. The van der Waals surface area contributed by atoms with Crippen LogP contribution in [-0.4, -0.2) is 5.12 Å². The van der Waals surface area contributed by atoms with Crippen LogP contribution in [0.2, 0.25) is 0 Å². The van der Waals surface area contributed by atoms with Crippen molar-refractivity contribution in [1.29, 1.82) is 0 Å². The van der Waals surface area contributed by atoms with Crippen LogP contribution in [0.25, 0.3) is 0 Å². The standard InChI is InChI=1S/C10H16OS/c1-7-5-4-6-10(2,3)8(7)9(11)12/h5,8H,4,6H2,1-3H3,(H,11,12)/t8-/m0/s1. The fourth-order valence-corrected chi connectivity index (χ4v) is 2.63. The monoisotopic (exact) mass is 184 g/mol. The van der Waals surface area contributed by atoms with Crippen molar-refractivity contribution >= 4 is 17.7 Å². The van der Waals surface area contributed by atoms with E-state index in [-0.39, 0.29) is 16.4 Å². The van der Waals surface area contributed by atoms with Gasteiger partial charge in [-0.3, -0.25) is 4.79 Å². The summed E-state index contributed by atoms with van der Waals surface area (Å²) in [5, 5.41) is 0.00782. The van der Waals surface area contributed by atoms with Crippen LogP contribution < -0.4 is 0 Å². The Morgan fingerprint density at radius 1 is 1.67 bits per heavy atom. The van der Waals surface area contributed by atoms with Gasteiger partial charge in [-0.15, -0.1) is 12.6 Å². The Morgan fingerprint density at radius 2 is 2.25 bits per heavy atom. The van der Waals surface area contributed by atoms with Gasteiger partial charge in [0, 0.05) is 0 Å². The lowest BCUT2D eigenvalue weighted by atomic mass is 9.69. The molecule has 0 aliphatic heterocycles. The summed E-state index contributed by atoms with van der Waals surface area (Å²) in [6, 6.07) is 0. The van der Waals surface area contributed by atoms with E-state index in [4.69, 9.17) is 0 Å². The average molecular weight is 184 g/mol. The Kier molecular flexibility index (Phi) is 2.67. The molecule has 0 amide bonds. The maximum Gasteiger partial charge on any atom is 0.193 e. The summed E-state index contributed by atoms with van der Waals surface area (Å²) < 4.78 is 0. The first-order chi connectivity index (χ1) is 5.45. The maximum absolute atomic E-state index is 11.2. The van der Waals surface area contributed by atoms with Gasteiger partial charge in [0.15, 0.2) is 5.12 Å². The fourth-order valence-electron chi connectivity index (χ4n) is 2.08. The zero-order valence-electron chi connectivity index (χ0n) is 7.92. The van der Waals surface area contributed by atoms with Crippen molar-refractivity contribution < 1.29 is 4.79 Å². The van der Waals surface area contributed by atoms with Gasteiger partial charge in [0.25, 0.3) is 0 Å². The van der Waals surface area contributed by atoms with Crippen LogP contribution in [0, 0.1) is 11.3 Å². The zero-order chi connectivity index (χ0) is 9.35. The first-order valence-corrected chi connectivity index (χ1v) is 4.79. The molecule has 12 heavy (non-hydrogen) atoms. The van der Waals surface area contributed by atoms with E-state index in [0.29, 0.717) is 0 Å². The summed E-state index contributed by atoms with van der Waals surface area (Å²) in [6.45, 7) is 6.31. The molecule has 0 fully saturated rings. The van der Waals surface area contributed by atoms with Crippen LogP contribution in [0.15, 0.2) is 11.6 Å². The highest BCUT2D eigenvalue weighted by atomic mass is 32.1. The molecular weight excluding hydrogens is 168 g/mol. The highest BCUT2D eigenvalue weighted by Crippen LogP contribution is 2.41. The summed E-state index contributed by atoms with van der Waals surface area (Å²) in [7, 11) is 0. The van der Waals surface area contributed by atoms with E-state index in [1.807, 2.05) is 6.92 Å². The Morgan fingerprint density at radius 3 is 2.58 bits per heavy atom. The predicted octanol–water partition coefficient (Wildman–Crippen LogP) is 2.83. The number of hydrogen-bond donors (Lipinski definition) is 1. The number of carbonyl (C=O) groups excluding carboxylic acids is 1. The van der Waals surface area contributed by atoms with Crippen LogP contribution >= 0.6 is 12.6 Å². The summed E-state index contributed by atoms with van der Waals surface area (Å²) in [5.41, 5.74) is 1.28. The minimum absolute atomic E-state index is 0.00782. The molecule has 0 aromatic carbocycles. The van der Waals surface area contributed by atoms with E-state index >= 15 is 0 Å². The lowest BCUT2D eigenvalue weighted by Gasteiger charge is -2.36. The van der Waals surface area contributed by atoms with Crippen molar-refractivity contribution in [3.05, 3.63) is 11.6 Å². The van der Waals surface area contributed by atoms with E-state index in [1.54, 1.807) is 0 Å². The van der Waals surface area contributed by atoms with Crippen molar-refractivity contribution in [2.75, 3.05) is 0 Å². The van der Waals surface area contributed by atoms with Gasteiger partial charge < -0.3 is 0 Å². The molecule has 68 valence electrons. The summed E-state index contributed by atoms with van der Waals surface area (Å²) in [6.07, 6.45) is 4.34. The molecule has 0 saturated carbocycles. The first-order valence-electron chi connectivity index (χ1n) is 4.34. The molecule has 0 heterocycles. The Bertz CT molecular complexity index is 228. The molecule has 1 aliphatic carbocycles. The molecule has 0 unspecified atom stereocenters. The fraction of sp³-hybridized carbons (Fsp3) is 0.700. The molecule has 1 rings (SSSR count). The SMILES string of the molecule is CC1=CCCC(C)(C)[C@@H]1C(=O)S. The van der Waals surface area contributed by atoms with Crippen molar-refractivity contribution in [3.8, 4) is 0 Å². The normalized spacial score (nSPS) is 28.0. The van der Waals surface area contributed by atoms with Gasteiger partial charge in [-0.1, -0.05) is 25.5 Å². The molecule has 1 atom stereocenters. The Labute approximate surface area is 79.6 Å². The summed E-state index contributed by atoms with van der Waals surface area (Å²) in [4.78, 5) is 11.2. The molecule has 1 nitrogen and oxygen atoms in total. The largest absolute Gasteiger partial charge is 0.287 e. The van der Waals surface area contributed by atoms with Gasteiger partial charge in [0.1, 0.15) is 0 Å². The van der Waals surface area contributed by atoms with Gasteiger partial charge in [-0.2, -0.15) is 0 Å². The van der Waals surface area contributed by atoms with E-state index in [9.17, 15) is 4.79 Å². The van der Waals surface area contributed by atoms with E-state index in [0.717, 1.165) is 12.8 Å². The molecule has 0 radical (unpaired) electrons. The minimum Gasteiger partial charge on any atom is -0.287 e. The number of thiol groups is 1. The lowest BCUT2D eigenvalue weighted by Crippen LogP contribution is -2.32. The third kappa shape index (κ3) is 1.74. The molecule has 2 heteroatoms. The highest BCUT2D eigenvalue weighted by Gasteiger charge is 2.36. The summed E-state index contributed by atoms with van der Waals surface area (Å²) >= 11 is 3.93. The number of allylic oxidation sites excluding steroid dienone is 2. The van der Waals surface area contributed by atoms with Crippen molar-refractivity contribution in [3.63, 3.8) is 0 Å². The van der Waals surface area contributed by atoms with Crippen LogP contribution in [0.1, 0.15) is 33.6 Å². The predicted molar refractivity (Wildman–Crippen MR) is 54.3 cm³/mol. The highest BCUT2D eigenvalue weighted by molar-refractivity contribution is 7.96. The van der Waals surface area contributed by atoms with E-state index in [2.05, 4.69) is 32.6 Å². The molecule has 0 spiro atoms. The molecule has 0 N–H and O–H groups in total. The van der Waals surface area contributed by atoms with Crippen LogP contribution in [0.4, 0.5) is 0 Å². The van der Waals surface area contributed by atoms with Crippen molar-refractivity contribution in [2.24, 2.45) is 11.3 Å². The lowest BCUT2D eigenvalue weighted by molar-refractivity contribution is -0.116. The Hall–Kier alpha value is -0.240. The topological polar surface area (TPSA) is 17.1 Å². The van der Waals surface area contributed by atoms with E-state index in [1.165, 1.54) is 5.57 Å². The third-order valence-electron chi connectivity index (χ3n) is 2.74. The minimum atomic E-state index is 0.00782. The first kappa shape index (κ1) is 9.85. The van der Waals surface area contributed by atoms with Gasteiger partial charge in [0.2, 0.25) is 0 Å².